The molecule has 2 aromatic rings. The largest absolute Gasteiger partial charge is 0.492 e. The number of aromatic nitrogens is 1. The molecule has 0 aliphatic carbocycles. The Bertz CT molecular complexity index is 728. The second-order valence-corrected chi connectivity index (χ2v) is 6.02. The van der Waals surface area contributed by atoms with Crippen LogP contribution in [0, 0.1) is 0 Å². The van der Waals surface area contributed by atoms with Gasteiger partial charge in [-0.25, -0.2) is 4.79 Å². The summed E-state index contributed by atoms with van der Waals surface area (Å²) < 4.78 is 16.5. The van der Waals surface area contributed by atoms with E-state index < -0.39 is 0 Å². The van der Waals surface area contributed by atoms with E-state index in [1.54, 1.807) is 6.92 Å². The molecule has 1 aromatic carbocycles. The summed E-state index contributed by atoms with van der Waals surface area (Å²) in [5, 5.41) is 1.03. The van der Waals surface area contributed by atoms with Crippen LogP contribution >= 0.6 is 0 Å². The highest BCUT2D eigenvalue weighted by molar-refractivity contribution is 5.95. The predicted octanol–water partition coefficient (Wildman–Crippen LogP) is 2.79. The Morgan fingerprint density at radius 3 is 2.91 bits per heavy atom. The van der Waals surface area contributed by atoms with Crippen LogP contribution in [0.2, 0.25) is 0 Å². The van der Waals surface area contributed by atoms with Crippen LogP contribution in [0.5, 0.6) is 5.75 Å². The summed E-state index contributed by atoms with van der Waals surface area (Å²) in [7, 11) is 0. The molecule has 1 fully saturated rings. The van der Waals surface area contributed by atoms with E-state index in [9.17, 15) is 4.79 Å². The molecule has 3 heterocycles. The molecule has 5 nitrogen and oxygen atoms in total. The molecule has 0 radical (unpaired) electrons. The number of rotatable bonds is 2. The highest BCUT2D eigenvalue weighted by Crippen LogP contribution is 2.46. The number of ether oxygens (including phenoxy) is 3. The topological polar surface area (TPSA) is 60.6 Å². The number of hydrogen-bond donors (Lipinski definition) is 1. The van der Waals surface area contributed by atoms with Crippen molar-refractivity contribution >= 4 is 16.9 Å². The molecule has 2 aliphatic rings. The molecule has 0 atom stereocenters. The molecule has 5 heteroatoms. The minimum atomic E-state index is -0.319. The first kappa shape index (κ1) is 13.6. The van der Waals surface area contributed by atoms with Crippen molar-refractivity contribution < 1.29 is 19.0 Å². The Morgan fingerprint density at radius 1 is 1.32 bits per heavy atom. The van der Waals surface area contributed by atoms with Crippen LogP contribution in [0.4, 0.5) is 0 Å². The zero-order valence-electron chi connectivity index (χ0n) is 12.6. The van der Waals surface area contributed by atoms with Gasteiger partial charge in [-0.1, -0.05) is 0 Å². The number of hydrogen-bond acceptors (Lipinski definition) is 4. The average molecular weight is 301 g/mol. The Balaban J connectivity index is 1.76. The molecule has 0 bridgehead atoms. The van der Waals surface area contributed by atoms with Gasteiger partial charge in [-0.2, -0.15) is 0 Å². The smallest absolute Gasteiger partial charge is 0.354 e. The van der Waals surface area contributed by atoms with Crippen LogP contribution in [-0.2, 0) is 14.9 Å². The average Bonchev–Trinajstić information content (AvgIpc) is 3.09. The van der Waals surface area contributed by atoms with Gasteiger partial charge in [-0.15, -0.1) is 0 Å². The molecule has 1 N–H and O–H groups in total. The van der Waals surface area contributed by atoms with Crippen molar-refractivity contribution in [3.8, 4) is 5.75 Å². The number of aromatic amines is 1. The van der Waals surface area contributed by atoms with Gasteiger partial charge in [0.2, 0.25) is 0 Å². The quantitative estimate of drug-likeness (QED) is 0.867. The van der Waals surface area contributed by atoms with Gasteiger partial charge in [-0.05, 0) is 31.9 Å². The number of H-pyrrole nitrogens is 1. The van der Waals surface area contributed by atoms with Crippen molar-refractivity contribution in [2.75, 3.05) is 26.4 Å². The molecular weight excluding hydrogens is 282 g/mol. The van der Waals surface area contributed by atoms with Crippen molar-refractivity contribution in [2.24, 2.45) is 0 Å². The van der Waals surface area contributed by atoms with E-state index in [2.05, 4.69) is 11.1 Å². The second-order valence-electron chi connectivity index (χ2n) is 6.02. The number of nitrogens with one attached hydrogen (secondary N) is 1. The van der Waals surface area contributed by atoms with Crippen LogP contribution in [0.15, 0.2) is 18.2 Å². The van der Waals surface area contributed by atoms with Crippen LogP contribution in [0.25, 0.3) is 10.9 Å². The number of esters is 1. The lowest BCUT2D eigenvalue weighted by Gasteiger charge is -2.32. The van der Waals surface area contributed by atoms with Gasteiger partial charge >= 0.3 is 5.97 Å². The first-order chi connectivity index (χ1) is 10.7. The summed E-state index contributed by atoms with van der Waals surface area (Å²) in [5.41, 5.74) is 2.72. The number of carbonyl (C=O) groups is 1. The number of fused-ring (bicyclic) bond motifs is 3. The van der Waals surface area contributed by atoms with Crippen molar-refractivity contribution in [1.29, 1.82) is 0 Å². The summed E-state index contributed by atoms with van der Waals surface area (Å²) in [4.78, 5) is 15.0. The van der Waals surface area contributed by atoms with Crippen LogP contribution < -0.4 is 4.74 Å². The molecule has 2 aliphatic heterocycles. The van der Waals surface area contributed by atoms with Gasteiger partial charge in [0, 0.05) is 41.2 Å². The van der Waals surface area contributed by atoms with E-state index in [4.69, 9.17) is 14.2 Å². The SMILES string of the molecule is CCOC(=O)c1cc2cc3c(cc2[nH]1)OCC31CCOCC1. The molecular formula is C17H19NO4. The van der Waals surface area contributed by atoms with Crippen LogP contribution in [0.3, 0.4) is 0 Å². The van der Waals surface area contributed by atoms with Crippen molar-refractivity contribution in [3.05, 3.63) is 29.5 Å². The highest BCUT2D eigenvalue weighted by Gasteiger charge is 2.42. The molecule has 116 valence electrons. The summed E-state index contributed by atoms with van der Waals surface area (Å²) in [6.45, 7) is 4.46. The van der Waals surface area contributed by atoms with Crippen molar-refractivity contribution in [2.45, 2.75) is 25.2 Å². The predicted molar refractivity (Wildman–Crippen MR) is 81.5 cm³/mol. The fraction of sp³-hybridized carbons (Fsp3) is 0.471. The lowest BCUT2D eigenvalue weighted by Crippen LogP contribution is -2.35. The van der Waals surface area contributed by atoms with E-state index in [-0.39, 0.29) is 11.4 Å². The van der Waals surface area contributed by atoms with Gasteiger partial charge in [0.25, 0.3) is 0 Å². The maximum absolute atomic E-state index is 11.9. The molecule has 0 amide bonds. The van der Waals surface area contributed by atoms with Crippen LogP contribution in [0.1, 0.15) is 35.8 Å². The third-order valence-electron chi connectivity index (χ3n) is 4.74. The molecule has 1 saturated heterocycles. The molecule has 22 heavy (non-hydrogen) atoms. The van der Waals surface area contributed by atoms with Crippen molar-refractivity contribution in [1.82, 2.24) is 4.98 Å². The lowest BCUT2D eigenvalue weighted by molar-refractivity contribution is 0.0420. The zero-order chi connectivity index (χ0) is 15.2. The molecule has 0 saturated carbocycles. The van der Waals surface area contributed by atoms with E-state index in [1.807, 2.05) is 12.1 Å². The summed E-state index contributed by atoms with van der Waals surface area (Å²) in [5.74, 6) is 0.604. The maximum Gasteiger partial charge on any atom is 0.354 e. The van der Waals surface area contributed by atoms with Gasteiger partial charge in [0.05, 0.1) is 13.2 Å². The van der Waals surface area contributed by atoms with E-state index in [1.165, 1.54) is 5.56 Å². The lowest BCUT2D eigenvalue weighted by atomic mass is 9.76. The van der Waals surface area contributed by atoms with Crippen LogP contribution in [-0.4, -0.2) is 37.4 Å². The minimum Gasteiger partial charge on any atom is -0.492 e. The van der Waals surface area contributed by atoms with Gasteiger partial charge in [-0.3, -0.25) is 0 Å². The van der Waals surface area contributed by atoms with Gasteiger partial charge < -0.3 is 19.2 Å². The Morgan fingerprint density at radius 2 is 2.14 bits per heavy atom. The highest BCUT2D eigenvalue weighted by atomic mass is 16.5. The molecule has 1 spiro atoms. The summed E-state index contributed by atoms with van der Waals surface area (Å²) >= 11 is 0. The van der Waals surface area contributed by atoms with E-state index in [0.29, 0.717) is 12.3 Å². The summed E-state index contributed by atoms with van der Waals surface area (Å²) in [6, 6.07) is 6.01. The minimum absolute atomic E-state index is 0.0726. The normalized spacial score (nSPS) is 19.1. The Hall–Kier alpha value is -2.01. The number of benzene rings is 1. The fourth-order valence-corrected chi connectivity index (χ4v) is 3.48. The van der Waals surface area contributed by atoms with Gasteiger partial charge in [0.1, 0.15) is 11.4 Å². The van der Waals surface area contributed by atoms with Gasteiger partial charge in [0.15, 0.2) is 0 Å². The first-order valence-electron chi connectivity index (χ1n) is 7.77. The van der Waals surface area contributed by atoms with Crippen molar-refractivity contribution in [3.63, 3.8) is 0 Å². The maximum atomic E-state index is 11.9. The van der Waals surface area contributed by atoms with E-state index in [0.717, 1.165) is 49.3 Å². The molecule has 0 unspecified atom stereocenters. The third-order valence-corrected chi connectivity index (χ3v) is 4.74. The first-order valence-corrected chi connectivity index (χ1v) is 7.77. The standard InChI is InChI=1S/C17H19NO4/c1-2-21-16(19)14-8-11-7-12-15(9-13(11)18-14)22-10-17(12)3-5-20-6-4-17/h7-9,18H,2-6,10H2,1H3. The van der Waals surface area contributed by atoms with E-state index >= 15 is 0 Å². The molecule has 1 aromatic heterocycles. The molecule has 4 rings (SSSR count). The zero-order valence-corrected chi connectivity index (χ0v) is 12.6. The monoisotopic (exact) mass is 301 g/mol. The second kappa shape index (κ2) is 5.02. The third kappa shape index (κ3) is 2.00. The number of carbonyl (C=O) groups excluding carboxylic acids is 1. The summed E-state index contributed by atoms with van der Waals surface area (Å²) in [6.07, 6.45) is 1.97. The Kier molecular flexibility index (Phi) is 3.11. The Labute approximate surface area is 128 Å². The fourth-order valence-electron chi connectivity index (χ4n) is 3.48.